The van der Waals surface area contributed by atoms with E-state index in [-0.39, 0.29) is 23.9 Å². The number of nitrogens with one attached hydrogen (secondary N) is 1. The summed E-state index contributed by atoms with van der Waals surface area (Å²) in [6.07, 6.45) is 2.20. The summed E-state index contributed by atoms with van der Waals surface area (Å²) in [7, 11) is 0. The number of hydrogen-bond acceptors (Lipinski definition) is 6. The van der Waals surface area contributed by atoms with Crippen molar-refractivity contribution in [3.63, 3.8) is 0 Å². The molecule has 0 aliphatic rings. The first-order valence-corrected chi connectivity index (χ1v) is 8.68. The van der Waals surface area contributed by atoms with Gasteiger partial charge < -0.3 is 4.74 Å². The number of nitro benzene ring substituents is 1. The van der Waals surface area contributed by atoms with Gasteiger partial charge in [-0.15, -0.1) is 11.3 Å². The van der Waals surface area contributed by atoms with E-state index in [0.717, 1.165) is 10.4 Å². The summed E-state index contributed by atoms with van der Waals surface area (Å²) in [6, 6.07) is 12.0. The summed E-state index contributed by atoms with van der Waals surface area (Å²) >= 11 is 1.29. The lowest BCUT2D eigenvalue weighted by Crippen LogP contribution is -2.20. The standard InChI is InChI=1S/C18H14FN3O4S/c19-13-7-5-12(6-8-13)9-14-10-20-18(27-14)21-17(23)11-26-16-4-2-1-3-15(16)22(24)25/h1-8,10H,9,11H2,(H,20,21,23). The maximum Gasteiger partial charge on any atom is 0.310 e. The molecule has 0 saturated carbocycles. The number of para-hydroxylation sites is 2. The summed E-state index contributed by atoms with van der Waals surface area (Å²) in [5.74, 6) is -0.751. The highest BCUT2D eigenvalue weighted by atomic mass is 32.1. The van der Waals surface area contributed by atoms with Crippen molar-refractivity contribution in [2.75, 3.05) is 11.9 Å². The number of amides is 1. The zero-order valence-electron chi connectivity index (χ0n) is 13.9. The third-order valence-electron chi connectivity index (χ3n) is 3.51. The molecule has 1 amide bonds. The minimum Gasteiger partial charge on any atom is -0.477 e. The lowest BCUT2D eigenvalue weighted by atomic mass is 10.1. The van der Waals surface area contributed by atoms with Crippen molar-refractivity contribution in [1.29, 1.82) is 0 Å². The first kappa shape index (κ1) is 18.5. The first-order chi connectivity index (χ1) is 13.0. The molecule has 2 aromatic carbocycles. The third kappa shape index (κ3) is 5.08. The van der Waals surface area contributed by atoms with Crippen LogP contribution in [0.15, 0.2) is 54.7 Å². The Balaban J connectivity index is 1.55. The monoisotopic (exact) mass is 387 g/mol. The molecule has 0 fully saturated rings. The van der Waals surface area contributed by atoms with E-state index in [1.54, 1.807) is 24.4 Å². The third-order valence-corrected chi connectivity index (χ3v) is 4.43. The predicted octanol–water partition coefficient (Wildman–Crippen LogP) is 3.80. The molecule has 0 atom stereocenters. The Morgan fingerprint density at radius 2 is 1.96 bits per heavy atom. The van der Waals surface area contributed by atoms with E-state index in [1.165, 1.54) is 41.7 Å². The van der Waals surface area contributed by atoms with Crippen LogP contribution in [0.1, 0.15) is 10.4 Å². The molecule has 1 N–H and O–H groups in total. The second-order valence-electron chi connectivity index (χ2n) is 5.50. The number of carbonyl (C=O) groups excluding carboxylic acids is 1. The van der Waals surface area contributed by atoms with E-state index in [1.807, 2.05) is 0 Å². The molecule has 7 nitrogen and oxygen atoms in total. The molecule has 138 valence electrons. The molecule has 9 heteroatoms. The van der Waals surface area contributed by atoms with Crippen LogP contribution in [0.2, 0.25) is 0 Å². The molecule has 0 saturated heterocycles. The number of thiazole rings is 1. The number of nitrogens with zero attached hydrogens (tertiary/aromatic N) is 2. The molecule has 3 aromatic rings. The molecule has 1 aromatic heterocycles. The van der Waals surface area contributed by atoms with E-state index < -0.39 is 10.8 Å². The van der Waals surface area contributed by atoms with Gasteiger partial charge in [0, 0.05) is 23.6 Å². The van der Waals surface area contributed by atoms with E-state index in [9.17, 15) is 19.3 Å². The van der Waals surface area contributed by atoms with Crippen LogP contribution in [-0.2, 0) is 11.2 Å². The molecule has 1 heterocycles. The summed E-state index contributed by atoms with van der Waals surface area (Å²) in [4.78, 5) is 27.4. The van der Waals surface area contributed by atoms with Crippen molar-refractivity contribution in [2.45, 2.75) is 6.42 Å². The minimum atomic E-state index is -0.574. The van der Waals surface area contributed by atoms with E-state index in [4.69, 9.17) is 4.74 Å². The van der Waals surface area contributed by atoms with Crippen LogP contribution < -0.4 is 10.1 Å². The Labute approximate surface area is 157 Å². The van der Waals surface area contributed by atoms with Crippen LogP contribution in [0.4, 0.5) is 15.2 Å². The van der Waals surface area contributed by atoms with Crippen LogP contribution in [0, 0.1) is 15.9 Å². The van der Waals surface area contributed by atoms with Crippen molar-refractivity contribution < 1.29 is 18.8 Å². The number of nitro groups is 1. The van der Waals surface area contributed by atoms with Crippen molar-refractivity contribution in [3.8, 4) is 5.75 Å². The first-order valence-electron chi connectivity index (χ1n) is 7.86. The van der Waals surface area contributed by atoms with Crippen LogP contribution in [0.5, 0.6) is 5.75 Å². The molecule has 0 spiro atoms. The molecule has 0 aliphatic carbocycles. The lowest BCUT2D eigenvalue weighted by Gasteiger charge is -2.06. The van der Waals surface area contributed by atoms with Gasteiger partial charge in [-0.05, 0) is 23.8 Å². The summed E-state index contributed by atoms with van der Waals surface area (Å²) in [5.41, 5.74) is 0.721. The molecule has 0 radical (unpaired) electrons. The molecule has 0 bridgehead atoms. The van der Waals surface area contributed by atoms with Gasteiger partial charge in [0.25, 0.3) is 5.91 Å². The predicted molar refractivity (Wildman–Crippen MR) is 98.5 cm³/mol. The maximum absolute atomic E-state index is 12.9. The maximum atomic E-state index is 12.9. The highest BCUT2D eigenvalue weighted by Crippen LogP contribution is 2.26. The average Bonchev–Trinajstić information content (AvgIpc) is 3.09. The normalized spacial score (nSPS) is 10.4. The second kappa shape index (κ2) is 8.37. The molecule has 27 heavy (non-hydrogen) atoms. The van der Waals surface area contributed by atoms with Gasteiger partial charge in [-0.3, -0.25) is 20.2 Å². The van der Waals surface area contributed by atoms with Crippen molar-refractivity contribution >= 4 is 28.1 Å². The fourth-order valence-electron chi connectivity index (χ4n) is 2.28. The zero-order valence-corrected chi connectivity index (χ0v) is 14.7. The van der Waals surface area contributed by atoms with Crippen LogP contribution in [0.3, 0.4) is 0 Å². The van der Waals surface area contributed by atoms with Gasteiger partial charge in [0.15, 0.2) is 17.5 Å². The molecular weight excluding hydrogens is 373 g/mol. The molecule has 0 aliphatic heterocycles. The fourth-order valence-corrected chi connectivity index (χ4v) is 3.14. The molecule has 3 rings (SSSR count). The van der Waals surface area contributed by atoms with Gasteiger partial charge in [-0.1, -0.05) is 24.3 Å². The zero-order chi connectivity index (χ0) is 19.2. The molecular formula is C18H14FN3O4S. The average molecular weight is 387 g/mol. The number of benzene rings is 2. The fraction of sp³-hybridized carbons (Fsp3) is 0.111. The number of hydrogen-bond donors (Lipinski definition) is 1. The number of anilines is 1. The van der Waals surface area contributed by atoms with E-state index in [0.29, 0.717) is 11.6 Å². The van der Waals surface area contributed by atoms with Crippen LogP contribution in [-0.4, -0.2) is 22.4 Å². The van der Waals surface area contributed by atoms with Crippen LogP contribution >= 0.6 is 11.3 Å². The van der Waals surface area contributed by atoms with Crippen molar-refractivity contribution in [2.24, 2.45) is 0 Å². The summed E-state index contributed by atoms with van der Waals surface area (Å²) < 4.78 is 18.2. The Kier molecular flexibility index (Phi) is 5.72. The van der Waals surface area contributed by atoms with Gasteiger partial charge in [0.05, 0.1) is 4.92 Å². The Morgan fingerprint density at radius 1 is 1.22 bits per heavy atom. The van der Waals surface area contributed by atoms with Crippen molar-refractivity contribution in [3.05, 3.63) is 81.1 Å². The molecule has 0 unspecified atom stereocenters. The largest absolute Gasteiger partial charge is 0.477 e. The Hall–Kier alpha value is -3.33. The van der Waals surface area contributed by atoms with E-state index in [2.05, 4.69) is 10.3 Å². The van der Waals surface area contributed by atoms with E-state index >= 15 is 0 Å². The van der Waals surface area contributed by atoms with Gasteiger partial charge in [0.1, 0.15) is 5.82 Å². The second-order valence-corrected chi connectivity index (χ2v) is 6.61. The highest BCUT2D eigenvalue weighted by molar-refractivity contribution is 7.15. The highest BCUT2D eigenvalue weighted by Gasteiger charge is 2.15. The van der Waals surface area contributed by atoms with Crippen molar-refractivity contribution in [1.82, 2.24) is 4.98 Å². The SMILES string of the molecule is O=C(COc1ccccc1[N+](=O)[O-])Nc1ncc(Cc2ccc(F)cc2)s1. The Bertz CT molecular complexity index is 959. The minimum absolute atomic E-state index is 0.0220. The lowest BCUT2D eigenvalue weighted by molar-refractivity contribution is -0.385. The number of halogens is 1. The smallest absolute Gasteiger partial charge is 0.310 e. The van der Waals surface area contributed by atoms with Gasteiger partial charge in [-0.2, -0.15) is 0 Å². The number of aromatic nitrogens is 1. The van der Waals surface area contributed by atoms with Gasteiger partial charge in [0.2, 0.25) is 0 Å². The Morgan fingerprint density at radius 3 is 2.70 bits per heavy atom. The van der Waals surface area contributed by atoms with Gasteiger partial charge >= 0.3 is 5.69 Å². The number of carbonyl (C=O) groups is 1. The topological polar surface area (TPSA) is 94.4 Å². The number of ether oxygens (including phenoxy) is 1. The van der Waals surface area contributed by atoms with Crippen LogP contribution in [0.25, 0.3) is 0 Å². The number of rotatable bonds is 7. The van der Waals surface area contributed by atoms with Gasteiger partial charge in [-0.25, -0.2) is 9.37 Å². The summed E-state index contributed by atoms with van der Waals surface area (Å²) in [6.45, 7) is -0.377. The quantitative estimate of drug-likeness (QED) is 0.492. The summed E-state index contributed by atoms with van der Waals surface area (Å²) in [5, 5.41) is 13.9.